The zero-order valence-corrected chi connectivity index (χ0v) is 8.58. The van der Waals surface area contributed by atoms with E-state index in [0.29, 0.717) is 0 Å². The quantitative estimate of drug-likeness (QED) is 0.609. The van der Waals surface area contributed by atoms with E-state index in [-0.39, 0.29) is 0 Å². The fourth-order valence-corrected chi connectivity index (χ4v) is 0.923. The number of primary amides is 1. The smallest absolute Gasteiger partial charge is 0.389 e. The molecule has 0 fully saturated rings. The molecule has 0 aliphatic rings. The lowest BCUT2D eigenvalue weighted by Crippen LogP contribution is -2.43. The molecule has 17 heavy (non-hydrogen) atoms. The third-order valence-electron chi connectivity index (χ3n) is 1.67. The van der Waals surface area contributed by atoms with Crippen molar-refractivity contribution in [1.29, 1.82) is 0 Å². The van der Waals surface area contributed by atoms with Crippen LogP contribution in [0, 0.1) is 0 Å². The summed E-state index contributed by atoms with van der Waals surface area (Å²) in [7, 11) is 0. The van der Waals surface area contributed by atoms with Gasteiger partial charge in [0.05, 0.1) is 12.8 Å². The van der Waals surface area contributed by atoms with Crippen LogP contribution in [0.2, 0.25) is 0 Å². The van der Waals surface area contributed by atoms with E-state index < -0.39 is 49.3 Å². The number of carbonyl (C=O) groups excluding carboxylic acids is 2. The lowest BCUT2D eigenvalue weighted by molar-refractivity contribution is -0.147. The number of hydrogen-bond acceptors (Lipinski definition) is 3. The molecule has 0 bridgehead atoms. The van der Waals surface area contributed by atoms with Gasteiger partial charge in [-0.05, 0) is 0 Å². The number of halogens is 3. The largest absolute Gasteiger partial charge is 0.480 e. The van der Waals surface area contributed by atoms with Gasteiger partial charge in [-0.1, -0.05) is 0 Å². The highest BCUT2D eigenvalue weighted by molar-refractivity contribution is 5.88. The van der Waals surface area contributed by atoms with E-state index in [9.17, 15) is 27.6 Å². The van der Waals surface area contributed by atoms with Crippen molar-refractivity contribution in [3.8, 4) is 0 Å². The molecule has 0 heterocycles. The summed E-state index contributed by atoms with van der Waals surface area (Å²) in [5.74, 6) is -3.62. The standard InChI is InChI=1S/C8H11F3N2O4/c9-8(10,11)2-1-6(15)13-4(7(16)17)3-5(12)14/h4H,1-3H2,(H2,12,14)(H,13,15)(H,16,17)/t4-/m1/s1. The molecule has 0 aliphatic heterocycles. The van der Waals surface area contributed by atoms with Gasteiger partial charge in [-0.25, -0.2) is 4.79 Å². The molecule has 0 rings (SSSR count). The topological polar surface area (TPSA) is 109 Å². The summed E-state index contributed by atoms with van der Waals surface area (Å²) in [6.07, 6.45) is -7.43. The number of carboxylic acids is 1. The van der Waals surface area contributed by atoms with E-state index in [0.717, 1.165) is 0 Å². The summed E-state index contributed by atoms with van der Waals surface area (Å²) in [5.41, 5.74) is 4.72. The van der Waals surface area contributed by atoms with E-state index in [1.807, 2.05) is 0 Å². The van der Waals surface area contributed by atoms with Gasteiger partial charge in [0.15, 0.2) is 0 Å². The molecule has 0 unspecified atom stereocenters. The van der Waals surface area contributed by atoms with Crippen molar-refractivity contribution in [2.24, 2.45) is 5.73 Å². The van der Waals surface area contributed by atoms with Crippen molar-refractivity contribution in [2.75, 3.05) is 0 Å². The Kier molecular flexibility index (Phi) is 5.42. The fourth-order valence-electron chi connectivity index (χ4n) is 0.923. The minimum absolute atomic E-state index is 0.674. The van der Waals surface area contributed by atoms with Gasteiger partial charge in [0, 0.05) is 6.42 Å². The Morgan fingerprint density at radius 2 is 1.82 bits per heavy atom. The Morgan fingerprint density at radius 3 is 2.18 bits per heavy atom. The highest BCUT2D eigenvalue weighted by atomic mass is 19.4. The van der Waals surface area contributed by atoms with E-state index in [1.54, 1.807) is 5.32 Å². The molecule has 1 atom stereocenters. The van der Waals surface area contributed by atoms with Crippen molar-refractivity contribution in [2.45, 2.75) is 31.5 Å². The van der Waals surface area contributed by atoms with Gasteiger partial charge in [-0.3, -0.25) is 9.59 Å². The minimum atomic E-state index is -4.50. The minimum Gasteiger partial charge on any atom is -0.480 e. The Morgan fingerprint density at radius 1 is 1.29 bits per heavy atom. The first-order valence-corrected chi connectivity index (χ1v) is 4.49. The molecule has 0 spiro atoms. The second kappa shape index (κ2) is 6.06. The summed E-state index contributed by atoms with van der Waals surface area (Å²) in [5, 5.41) is 10.3. The van der Waals surface area contributed by atoms with Crippen molar-refractivity contribution < 1.29 is 32.7 Å². The molecule has 4 N–H and O–H groups in total. The first-order chi connectivity index (χ1) is 7.61. The first kappa shape index (κ1) is 15.2. The summed E-state index contributed by atoms with van der Waals surface area (Å²) in [6, 6.07) is -1.60. The van der Waals surface area contributed by atoms with E-state index in [1.165, 1.54) is 0 Å². The molecule has 0 aliphatic carbocycles. The molecule has 0 saturated carbocycles. The number of alkyl halides is 3. The van der Waals surface area contributed by atoms with Crippen LogP contribution in [-0.2, 0) is 14.4 Å². The van der Waals surface area contributed by atoms with Crippen LogP contribution in [0.3, 0.4) is 0 Å². The van der Waals surface area contributed by atoms with Crippen molar-refractivity contribution in [3.63, 3.8) is 0 Å². The van der Waals surface area contributed by atoms with Crippen LogP contribution < -0.4 is 11.1 Å². The number of carbonyl (C=O) groups is 3. The van der Waals surface area contributed by atoms with Crippen LogP contribution >= 0.6 is 0 Å². The van der Waals surface area contributed by atoms with Crippen LogP contribution in [0.1, 0.15) is 19.3 Å². The Hall–Kier alpha value is -1.80. The second-order valence-electron chi connectivity index (χ2n) is 3.24. The van der Waals surface area contributed by atoms with Crippen LogP contribution in [0.5, 0.6) is 0 Å². The zero-order chi connectivity index (χ0) is 13.6. The zero-order valence-electron chi connectivity index (χ0n) is 8.58. The van der Waals surface area contributed by atoms with E-state index >= 15 is 0 Å². The molecule has 2 amide bonds. The SMILES string of the molecule is NC(=O)C[C@@H](NC(=O)CCC(F)(F)F)C(=O)O. The first-order valence-electron chi connectivity index (χ1n) is 4.49. The summed E-state index contributed by atoms with van der Waals surface area (Å²) < 4.78 is 35.3. The van der Waals surface area contributed by atoms with Crippen LogP contribution in [0.25, 0.3) is 0 Å². The van der Waals surface area contributed by atoms with Crippen molar-refractivity contribution >= 4 is 17.8 Å². The van der Waals surface area contributed by atoms with Crippen LogP contribution in [0.4, 0.5) is 13.2 Å². The number of amides is 2. The highest BCUT2D eigenvalue weighted by Crippen LogP contribution is 2.21. The molecule has 0 aromatic carbocycles. The summed E-state index contributed by atoms with van der Waals surface area (Å²) in [4.78, 5) is 31.9. The Bertz CT molecular complexity index is 316. The normalized spacial score (nSPS) is 12.9. The van der Waals surface area contributed by atoms with Crippen molar-refractivity contribution in [1.82, 2.24) is 5.32 Å². The maximum Gasteiger partial charge on any atom is 0.389 e. The van der Waals surface area contributed by atoms with E-state index in [4.69, 9.17) is 10.8 Å². The van der Waals surface area contributed by atoms with Gasteiger partial charge >= 0.3 is 12.1 Å². The Balaban J connectivity index is 4.22. The molecular weight excluding hydrogens is 245 g/mol. The molecule has 0 radical (unpaired) electrons. The number of nitrogens with one attached hydrogen (secondary N) is 1. The number of hydrogen-bond donors (Lipinski definition) is 3. The lowest BCUT2D eigenvalue weighted by Gasteiger charge is -2.13. The number of carboxylic acid groups (broad SMARTS) is 1. The average molecular weight is 256 g/mol. The maximum absolute atomic E-state index is 11.8. The molecule has 0 saturated heterocycles. The third kappa shape index (κ3) is 8.05. The predicted octanol–water partition coefficient (Wildman–Crippen LogP) is -0.226. The molecule has 6 nitrogen and oxygen atoms in total. The van der Waals surface area contributed by atoms with Crippen LogP contribution in [-0.4, -0.2) is 35.1 Å². The van der Waals surface area contributed by atoms with Gasteiger partial charge in [-0.2, -0.15) is 13.2 Å². The number of nitrogens with two attached hydrogens (primary N) is 1. The average Bonchev–Trinajstić information content (AvgIpc) is 2.11. The molecule has 9 heteroatoms. The third-order valence-corrected chi connectivity index (χ3v) is 1.67. The maximum atomic E-state index is 11.8. The predicted molar refractivity (Wildman–Crippen MR) is 48.7 cm³/mol. The summed E-state index contributed by atoms with van der Waals surface area (Å²) in [6.45, 7) is 0. The molecular formula is C8H11F3N2O4. The van der Waals surface area contributed by atoms with Gasteiger partial charge < -0.3 is 16.2 Å². The lowest BCUT2D eigenvalue weighted by atomic mass is 10.2. The van der Waals surface area contributed by atoms with Gasteiger partial charge in [-0.15, -0.1) is 0 Å². The molecule has 0 aromatic rings. The van der Waals surface area contributed by atoms with Crippen LogP contribution in [0.15, 0.2) is 0 Å². The van der Waals surface area contributed by atoms with Crippen molar-refractivity contribution in [3.05, 3.63) is 0 Å². The van der Waals surface area contributed by atoms with Gasteiger partial charge in [0.25, 0.3) is 0 Å². The summed E-state index contributed by atoms with van der Waals surface area (Å²) >= 11 is 0. The Labute approximate surface area is 94.0 Å². The van der Waals surface area contributed by atoms with E-state index in [2.05, 4.69) is 0 Å². The van der Waals surface area contributed by atoms with Gasteiger partial charge in [0.2, 0.25) is 11.8 Å². The monoisotopic (exact) mass is 256 g/mol. The second-order valence-corrected chi connectivity index (χ2v) is 3.24. The number of aliphatic carboxylic acids is 1. The molecule has 0 aromatic heterocycles. The highest BCUT2D eigenvalue weighted by Gasteiger charge is 2.29. The van der Waals surface area contributed by atoms with Gasteiger partial charge in [0.1, 0.15) is 6.04 Å². The number of rotatable bonds is 6. The molecule has 98 valence electrons. The fraction of sp³-hybridized carbons (Fsp3) is 0.625.